The number of hydrogen-bond acceptors (Lipinski definition) is 3. The predicted molar refractivity (Wildman–Crippen MR) is 85.1 cm³/mol. The molecule has 0 aliphatic carbocycles. The second-order valence-electron chi connectivity index (χ2n) is 4.45. The van der Waals surface area contributed by atoms with E-state index in [4.69, 9.17) is 5.73 Å². The highest BCUT2D eigenvalue weighted by Gasteiger charge is 2.20. The molecule has 0 radical (unpaired) electrons. The Kier molecular flexibility index (Phi) is 4.53. The van der Waals surface area contributed by atoms with Gasteiger partial charge < -0.3 is 5.73 Å². The minimum absolute atomic E-state index is 0.171. The Labute approximate surface area is 131 Å². The van der Waals surface area contributed by atoms with Crippen molar-refractivity contribution in [3.63, 3.8) is 0 Å². The molecule has 0 aromatic heterocycles. The molecule has 7 heteroatoms. The lowest BCUT2D eigenvalue weighted by molar-refractivity contribution is 0.571. The molecular formula is C14H14BrFN2O2S. The molecular weight excluding hydrogens is 359 g/mol. The van der Waals surface area contributed by atoms with Gasteiger partial charge in [-0.25, -0.2) is 12.8 Å². The van der Waals surface area contributed by atoms with Crippen LogP contribution in [0.1, 0.15) is 12.5 Å². The predicted octanol–water partition coefficient (Wildman–Crippen LogP) is 3.53. The standard InChI is InChI=1S/C14H14BrFN2O2S/c1-2-9-7-10(15)3-5-13(9)18-21(19,20)14-6-4-11(17)8-12(14)16/h3-8,18H,2,17H2,1H3. The van der Waals surface area contributed by atoms with Crippen LogP contribution in [0.5, 0.6) is 0 Å². The van der Waals surface area contributed by atoms with E-state index in [2.05, 4.69) is 20.7 Å². The molecule has 2 aromatic carbocycles. The SMILES string of the molecule is CCc1cc(Br)ccc1NS(=O)(=O)c1ccc(N)cc1F. The molecule has 0 amide bonds. The highest BCUT2D eigenvalue weighted by atomic mass is 79.9. The van der Waals surface area contributed by atoms with Gasteiger partial charge in [0, 0.05) is 10.2 Å². The first-order valence-corrected chi connectivity index (χ1v) is 8.47. The molecule has 0 spiro atoms. The number of halogens is 2. The van der Waals surface area contributed by atoms with Gasteiger partial charge in [0.05, 0.1) is 5.69 Å². The molecule has 0 saturated heterocycles. The van der Waals surface area contributed by atoms with E-state index in [1.54, 1.807) is 12.1 Å². The average molecular weight is 373 g/mol. The number of aryl methyl sites for hydroxylation is 1. The normalized spacial score (nSPS) is 11.4. The van der Waals surface area contributed by atoms with Gasteiger partial charge >= 0.3 is 0 Å². The zero-order valence-electron chi connectivity index (χ0n) is 11.2. The zero-order valence-corrected chi connectivity index (χ0v) is 13.6. The van der Waals surface area contributed by atoms with Gasteiger partial charge in [-0.05, 0) is 48.4 Å². The fraction of sp³-hybridized carbons (Fsp3) is 0.143. The highest BCUT2D eigenvalue weighted by Crippen LogP contribution is 2.25. The van der Waals surface area contributed by atoms with Gasteiger partial charge in [-0.1, -0.05) is 22.9 Å². The van der Waals surface area contributed by atoms with E-state index < -0.39 is 20.7 Å². The molecule has 0 aliphatic heterocycles. The Balaban J connectivity index is 2.42. The summed E-state index contributed by atoms with van der Waals surface area (Å²) >= 11 is 3.33. The first-order valence-electron chi connectivity index (χ1n) is 6.19. The second kappa shape index (κ2) is 6.03. The average Bonchev–Trinajstić information content (AvgIpc) is 2.40. The Morgan fingerprint density at radius 3 is 2.57 bits per heavy atom. The third kappa shape index (κ3) is 3.54. The van der Waals surface area contributed by atoms with Crippen molar-refractivity contribution in [1.82, 2.24) is 0 Å². The number of rotatable bonds is 4. The maximum Gasteiger partial charge on any atom is 0.264 e. The number of benzene rings is 2. The van der Waals surface area contributed by atoms with Crippen LogP contribution in [-0.2, 0) is 16.4 Å². The molecule has 21 heavy (non-hydrogen) atoms. The van der Waals surface area contributed by atoms with E-state index in [9.17, 15) is 12.8 Å². The molecule has 0 saturated carbocycles. The summed E-state index contributed by atoms with van der Waals surface area (Å²) in [5, 5.41) is 0. The van der Waals surface area contributed by atoms with Crippen molar-refractivity contribution in [3.8, 4) is 0 Å². The molecule has 0 atom stereocenters. The van der Waals surface area contributed by atoms with Crippen molar-refractivity contribution in [2.24, 2.45) is 0 Å². The summed E-state index contributed by atoms with van der Waals surface area (Å²) in [5.41, 5.74) is 6.83. The summed E-state index contributed by atoms with van der Waals surface area (Å²) in [5.74, 6) is -0.877. The maximum atomic E-state index is 13.8. The number of hydrogen-bond donors (Lipinski definition) is 2. The van der Waals surface area contributed by atoms with Gasteiger partial charge in [0.15, 0.2) is 0 Å². The topological polar surface area (TPSA) is 72.2 Å². The monoisotopic (exact) mass is 372 g/mol. The summed E-state index contributed by atoms with van der Waals surface area (Å²) < 4.78 is 41.6. The maximum absolute atomic E-state index is 13.8. The van der Waals surface area contributed by atoms with Gasteiger partial charge in [-0.3, -0.25) is 4.72 Å². The fourth-order valence-corrected chi connectivity index (χ4v) is 3.46. The quantitative estimate of drug-likeness (QED) is 0.806. The lowest BCUT2D eigenvalue weighted by Gasteiger charge is -2.13. The molecule has 0 fully saturated rings. The van der Waals surface area contributed by atoms with E-state index in [1.165, 1.54) is 6.07 Å². The van der Waals surface area contributed by atoms with Crippen LogP contribution in [-0.4, -0.2) is 8.42 Å². The summed E-state index contributed by atoms with van der Waals surface area (Å²) in [6, 6.07) is 8.65. The fourth-order valence-electron chi connectivity index (χ4n) is 1.89. The Morgan fingerprint density at radius 2 is 1.95 bits per heavy atom. The van der Waals surface area contributed by atoms with Crippen LogP contribution in [0, 0.1) is 5.82 Å². The van der Waals surface area contributed by atoms with Crippen molar-refractivity contribution in [2.75, 3.05) is 10.5 Å². The van der Waals surface area contributed by atoms with Crippen molar-refractivity contribution < 1.29 is 12.8 Å². The molecule has 2 aromatic rings. The lowest BCUT2D eigenvalue weighted by atomic mass is 10.1. The number of nitrogen functional groups attached to an aromatic ring is 1. The molecule has 2 rings (SSSR count). The van der Waals surface area contributed by atoms with E-state index in [0.29, 0.717) is 12.1 Å². The molecule has 112 valence electrons. The van der Waals surface area contributed by atoms with Gasteiger partial charge in [0.1, 0.15) is 10.7 Å². The summed E-state index contributed by atoms with van der Waals surface area (Å²) in [4.78, 5) is -0.429. The summed E-state index contributed by atoms with van der Waals surface area (Å²) in [6.07, 6.45) is 0.640. The number of sulfonamides is 1. The van der Waals surface area contributed by atoms with Crippen LogP contribution in [0.15, 0.2) is 45.8 Å². The summed E-state index contributed by atoms with van der Waals surface area (Å²) in [7, 11) is -4.00. The largest absolute Gasteiger partial charge is 0.399 e. The van der Waals surface area contributed by atoms with Crippen LogP contribution in [0.2, 0.25) is 0 Å². The molecule has 0 unspecified atom stereocenters. The van der Waals surface area contributed by atoms with Crippen LogP contribution in [0.25, 0.3) is 0 Å². The number of nitrogens with two attached hydrogens (primary N) is 1. The Bertz CT molecular complexity index is 779. The lowest BCUT2D eigenvalue weighted by Crippen LogP contribution is -2.15. The van der Waals surface area contributed by atoms with E-state index in [0.717, 1.165) is 22.2 Å². The smallest absolute Gasteiger partial charge is 0.264 e. The first-order chi connectivity index (χ1) is 9.83. The van der Waals surface area contributed by atoms with E-state index in [1.807, 2.05) is 13.0 Å². The zero-order chi connectivity index (χ0) is 15.6. The van der Waals surface area contributed by atoms with Gasteiger partial charge in [-0.15, -0.1) is 0 Å². The number of anilines is 2. The van der Waals surface area contributed by atoms with Gasteiger partial charge in [-0.2, -0.15) is 0 Å². The third-order valence-electron chi connectivity index (χ3n) is 2.94. The van der Waals surface area contributed by atoms with Crippen LogP contribution in [0.4, 0.5) is 15.8 Å². The van der Waals surface area contributed by atoms with Crippen molar-refractivity contribution in [2.45, 2.75) is 18.2 Å². The molecule has 3 N–H and O–H groups in total. The van der Waals surface area contributed by atoms with Gasteiger partial charge in [0.25, 0.3) is 10.0 Å². The second-order valence-corrected chi connectivity index (χ2v) is 7.02. The van der Waals surface area contributed by atoms with Crippen molar-refractivity contribution >= 4 is 37.3 Å². The van der Waals surface area contributed by atoms with Crippen molar-refractivity contribution in [1.29, 1.82) is 0 Å². The Hall–Kier alpha value is -1.60. The minimum Gasteiger partial charge on any atom is -0.399 e. The minimum atomic E-state index is -4.00. The van der Waals surface area contributed by atoms with Crippen LogP contribution < -0.4 is 10.5 Å². The Morgan fingerprint density at radius 1 is 1.24 bits per heavy atom. The molecule has 0 heterocycles. The third-order valence-corrected chi connectivity index (χ3v) is 4.83. The van der Waals surface area contributed by atoms with E-state index >= 15 is 0 Å². The van der Waals surface area contributed by atoms with Crippen molar-refractivity contribution in [3.05, 3.63) is 52.3 Å². The molecule has 0 aliphatic rings. The highest BCUT2D eigenvalue weighted by molar-refractivity contribution is 9.10. The van der Waals surface area contributed by atoms with Crippen LogP contribution >= 0.6 is 15.9 Å². The molecule has 4 nitrogen and oxygen atoms in total. The van der Waals surface area contributed by atoms with E-state index in [-0.39, 0.29) is 5.69 Å². The summed E-state index contributed by atoms with van der Waals surface area (Å²) in [6.45, 7) is 1.91. The molecule has 0 bridgehead atoms. The van der Waals surface area contributed by atoms with Crippen LogP contribution in [0.3, 0.4) is 0 Å². The first kappa shape index (κ1) is 15.8. The van der Waals surface area contributed by atoms with Gasteiger partial charge in [0.2, 0.25) is 0 Å². The number of nitrogens with one attached hydrogen (secondary N) is 1.